The Balaban J connectivity index is 1.75. The maximum absolute atomic E-state index is 13.6. The van der Waals surface area contributed by atoms with Gasteiger partial charge in [0.15, 0.2) is 0 Å². The first kappa shape index (κ1) is 20.6. The molecule has 154 valence electrons. The zero-order chi connectivity index (χ0) is 21.5. The molecule has 0 amide bonds. The van der Waals surface area contributed by atoms with Crippen LogP contribution in [0.2, 0.25) is 5.02 Å². The molecule has 2 N–H and O–H groups in total. The second-order valence-corrected chi connectivity index (χ2v) is 8.90. The van der Waals surface area contributed by atoms with Crippen molar-refractivity contribution < 1.29 is 17.5 Å². The van der Waals surface area contributed by atoms with Crippen LogP contribution in [0, 0.1) is 17.7 Å². The third kappa shape index (κ3) is 4.11. The van der Waals surface area contributed by atoms with Crippen molar-refractivity contribution in [3.63, 3.8) is 0 Å². The highest BCUT2D eigenvalue weighted by Gasteiger charge is 2.25. The molecular weight excluding hydrogens is 429 g/mol. The Bertz CT molecular complexity index is 1290. The number of hydrogen-bond donors (Lipinski definition) is 1. The zero-order valence-electron chi connectivity index (χ0n) is 15.9. The van der Waals surface area contributed by atoms with E-state index in [2.05, 4.69) is 16.9 Å². The molecule has 0 fully saturated rings. The Labute approximate surface area is 178 Å². The SMILES string of the molecule is C[C@H]1Cc2c(c(C#Cc3ccc(S(N)(=O)=O)cc3)nn2-c2ccc(F)c(Cl)c2)CO1. The fraction of sp³-hybridized carbons (Fsp3) is 0.190. The second kappa shape index (κ2) is 7.85. The van der Waals surface area contributed by atoms with Crippen molar-refractivity contribution in [2.75, 3.05) is 0 Å². The minimum absolute atomic E-state index is 0.00966. The van der Waals surface area contributed by atoms with E-state index in [9.17, 15) is 12.8 Å². The number of nitrogens with two attached hydrogens (primary N) is 1. The summed E-state index contributed by atoms with van der Waals surface area (Å²) in [6.07, 6.45) is 0.637. The highest BCUT2D eigenvalue weighted by molar-refractivity contribution is 7.89. The summed E-state index contributed by atoms with van der Waals surface area (Å²) in [5, 5.41) is 9.73. The molecule has 4 rings (SSSR count). The summed E-state index contributed by atoms with van der Waals surface area (Å²) < 4.78 is 43.8. The monoisotopic (exact) mass is 445 g/mol. The summed E-state index contributed by atoms with van der Waals surface area (Å²) in [5.41, 5.74) is 3.58. The van der Waals surface area contributed by atoms with Gasteiger partial charge in [0.05, 0.1) is 34.0 Å². The van der Waals surface area contributed by atoms with Crippen LogP contribution in [0.3, 0.4) is 0 Å². The molecule has 0 saturated heterocycles. The van der Waals surface area contributed by atoms with Gasteiger partial charge in [0, 0.05) is 17.5 Å². The second-order valence-electron chi connectivity index (χ2n) is 6.93. The smallest absolute Gasteiger partial charge is 0.238 e. The van der Waals surface area contributed by atoms with Crippen LogP contribution in [-0.2, 0) is 27.8 Å². The van der Waals surface area contributed by atoms with Gasteiger partial charge in [-0.2, -0.15) is 5.10 Å². The lowest BCUT2D eigenvalue weighted by Gasteiger charge is -2.20. The summed E-state index contributed by atoms with van der Waals surface area (Å²) in [6, 6.07) is 10.4. The Morgan fingerprint density at radius 1 is 1.23 bits per heavy atom. The van der Waals surface area contributed by atoms with E-state index in [4.69, 9.17) is 21.5 Å². The normalized spacial score (nSPS) is 15.9. The zero-order valence-corrected chi connectivity index (χ0v) is 17.5. The molecule has 9 heteroatoms. The molecule has 0 radical (unpaired) electrons. The van der Waals surface area contributed by atoms with Crippen molar-refractivity contribution in [3.8, 4) is 17.5 Å². The quantitative estimate of drug-likeness (QED) is 0.614. The van der Waals surface area contributed by atoms with Crippen LogP contribution in [0.1, 0.15) is 29.4 Å². The summed E-state index contributed by atoms with van der Waals surface area (Å²) in [7, 11) is -3.76. The highest BCUT2D eigenvalue weighted by atomic mass is 35.5. The van der Waals surface area contributed by atoms with Crippen LogP contribution >= 0.6 is 11.6 Å². The largest absolute Gasteiger partial charge is 0.373 e. The van der Waals surface area contributed by atoms with Gasteiger partial charge in [-0.15, -0.1) is 0 Å². The van der Waals surface area contributed by atoms with E-state index in [1.54, 1.807) is 22.9 Å². The molecule has 0 spiro atoms. The van der Waals surface area contributed by atoms with Crippen LogP contribution in [0.25, 0.3) is 5.69 Å². The van der Waals surface area contributed by atoms with Gasteiger partial charge in [-0.3, -0.25) is 0 Å². The fourth-order valence-electron chi connectivity index (χ4n) is 3.19. The van der Waals surface area contributed by atoms with Crippen molar-refractivity contribution in [1.82, 2.24) is 9.78 Å². The number of hydrogen-bond acceptors (Lipinski definition) is 4. The van der Waals surface area contributed by atoms with Gasteiger partial charge in [0.1, 0.15) is 11.5 Å². The molecule has 6 nitrogen and oxygen atoms in total. The van der Waals surface area contributed by atoms with Gasteiger partial charge in [-0.1, -0.05) is 17.5 Å². The third-order valence-electron chi connectivity index (χ3n) is 4.74. The molecule has 1 aromatic heterocycles. The minimum atomic E-state index is -3.76. The fourth-order valence-corrected chi connectivity index (χ4v) is 3.88. The number of aromatic nitrogens is 2. The van der Waals surface area contributed by atoms with Crippen LogP contribution in [0.15, 0.2) is 47.4 Å². The first-order valence-electron chi connectivity index (χ1n) is 9.05. The van der Waals surface area contributed by atoms with E-state index >= 15 is 0 Å². The lowest BCUT2D eigenvalue weighted by Crippen LogP contribution is -2.21. The summed E-state index contributed by atoms with van der Waals surface area (Å²) in [6.45, 7) is 2.33. The topological polar surface area (TPSA) is 87.2 Å². The molecular formula is C21H17ClFN3O3S. The lowest BCUT2D eigenvalue weighted by atomic mass is 10.1. The molecule has 0 bridgehead atoms. The van der Waals surface area contributed by atoms with Crippen molar-refractivity contribution >= 4 is 21.6 Å². The Morgan fingerprint density at radius 2 is 1.97 bits per heavy atom. The number of primary sulfonamides is 1. The first-order chi connectivity index (χ1) is 14.2. The number of halogens is 2. The summed E-state index contributed by atoms with van der Waals surface area (Å²) in [4.78, 5) is 0.0188. The van der Waals surface area contributed by atoms with Crippen molar-refractivity contribution in [1.29, 1.82) is 0 Å². The molecule has 0 saturated carbocycles. The standard InChI is InChI=1S/C21H17ClFN3O3S/c1-13-10-21-17(12-29-13)20(25-26(21)15-5-8-19(23)18(22)11-15)9-4-14-2-6-16(7-3-14)30(24,27)28/h2-3,5-8,11,13H,10,12H2,1H3,(H2,24,27,28)/t13-/m0/s1. The van der Waals surface area contributed by atoms with Crippen molar-refractivity contribution in [2.24, 2.45) is 5.14 Å². The maximum Gasteiger partial charge on any atom is 0.238 e. The van der Waals surface area contributed by atoms with Crippen LogP contribution in [-0.4, -0.2) is 24.3 Å². The molecule has 2 heterocycles. The number of rotatable bonds is 2. The predicted molar refractivity (Wildman–Crippen MR) is 110 cm³/mol. The Morgan fingerprint density at radius 3 is 2.63 bits per heavy atom. The average molecular weight is 446 g/mol. The Kier molecular flexibility index (Phi) is 5.38. The van der Waals surface area contributed by atoms with Crippen LogP contribution in [0.5, 0.6) is 0 Å². The molecule has 0 aliphatic carbocycles. The number of fused-ring (bicyclic) bond motifs is 1. The number of ether oxygens (including phenoxy) is 1. The summed E-state index contributed by atoms with van der Waals surface area (Å²) >= 11 is 5.95. The molecule has 30 heavy (non-hydrogen) atoms. The van der Waals surface area contributed by atoms with E-state index in [1.807, 2.05) is 6.92 Å². The van der Waals surface area contributed by atoms with Gasteiger partial charge < -0.3 is 4.74 Å². The number of sulfonamides is 1. The van der Waals surface area contributed by atoms with Gasteiger partial charge in [0.25, 0.3) is 0 Å². The van der Waals surface area contributed by atoms with Crippen molar-refractivity contribution in [2.45, 2.75) is 31.0 Å². The van der Waals surface area contributed by atoms with Gasteiger partial charge in [0.2, 0.25) is 10.0 Å². The maximum atomic E-state index is 13.6. The van der Waals surface area contributed by atoms with E-state index in [-0.39, 0.29) is 16.0 Å². The van der Waals surface area contributed by atoms with E-state index in [1.165, 1.54) is 24.3 Å². The van der Waals surface area contributed by atoms with Crippen LogP contribution < -0.4 is 5.14 Å². The molecule has 0 unspecified atom stereocenters. The van der Waals surface area contributed by atoms with Crippen molar-refractivity contribution in [3.05, 3.63) is 75.8 Å². The van der Waals surface area contributed by atoms with E-state index < -0.39 is 15.8 Å². The third-order valence-corrected chi connectivity index (χ3v) is 5.96. The predicted octanol–water partition coefficient (Wildman–Crippen LogP) is 3.17. The average Bonchev–Trinajstić information content (AvgIpc) is 3.06. The van der Waals surface area contributed by atoms with E-state index in [0.717, 1.165) is 11.3 Å². The molecule has 1 aliphatic heterocycles. The van der Waals surface area contributed by atoms with Gasteiger partial charge in [-0.05, 0) is 55.3 Å². The van der Waals surface area contributed by atoms with E-state index in [0.29, 0.717) is 30.0 Å². The van der Waals surface area contributed by atoms with Gasteiger partial charge >= 0.3 is 0 Å². The molecule has 1 atom stereocenters. The lowest BCUT2D eigenvalue weighted by molar-refractivity contribution is 0.0397. The molecule has 1 aliphatic rings. The molecule has 2 aromatic carbocycles. The number of nitrogens with zero attached hydrogens (tertiary/aromatic N) is 2. The Hall–Kier alpha value is -2.70. The summed E-state index contributed by atoms with van der Waals surface area (Å²) in [5.74, 6) is 5.51. The van der Waals surface area contributed by atoms with Crippen LogP contribution in [0.4, 0.5) is 4.39 Å². The minimum Gasteiger partial charge on any atom is -0.373 e. The molecule has 3 aromatic rings. The highest BCUT2D eigenvalue weighted by Crippen LogP contribution is 2.28. The number of benzene rings is 2. The first-order valence-corrected chi connectivity index (χ1v) is 11.0. The van der Waals surface area contributed by atoms with Gasteiger partial charge in [-0.25, -0.2) is 22.6 Å².